The van der Waals surface area contributed by atoms with Gasteiger partial charge in [-0.25, -0.2) is 4.68 Å². The Kier molecular flexibility index (Phi) is 9.12. The highest BCUT2D eigenvalue weighted by Gasteiger charge is 2.13. The lowest BCUT2D eigenvalue weighted by molar-refractivity contribution is 0.0995. The monoisotopic (exact) mass is 355 g/mol. The van der Waals surface area contributed by atoms with Gasteiger partial charge in [-0.05, 0) is 24.3 Å². The summed E-state index contributed by atoms with van der Waals surface area (Å²) in [6.45, 7) is 8.00. The van der Waals surface area contributed by atoms with Crippen molar-refractivity contribution in [1.29, 1.82) is 0 Å². The molecule has 0 saturated heterocycles. The summed E-state index contributed by atoms with van der Waals surface area (Å²) in [6, 6.07) is 8.96. The van der Waals surface area contributed by atoms with Gasteiger partial charge in [-0.15, -0.1) is 0 Å². The van der Waals surface area contributed by atoms with Crippen LogP contribution in [0.25, 0.3) is 5.69 Å². The molecule has 0 atom stereocenters. The summed E-state index contributed by atoms with van der Waals surface area (Å²) in [6.07, 6.45) is 0. The van der Waals surface area contributed by atoms with Gasteiger partial charge in [0.25, 0.3) is 5.91 Å². The Balaban J connectivity index is 0.000000921. The first kappa shape index (κ1) is 19.2. The van der Waals surface area contributed by atoms with Gasteiger partial charge in [-0.2, -0.15) is 5.10 Å². The molecule has 0 aliphatic rings. The molecule has 2 N–H and O–H groups in total. The van der Waals surface area contributed by atoms with E-state index in [1.165, 1.54) is 17.9 Å². The van der Waals surface area contributed by atoms with Crippen molar-refractivity contribution in [2.75, 3.05) is 7.11 Å². The number of rotatable bonds is 3. The van der Waals surface area contributed by atoms with Crippen molar-refractivity contribution >= 4 is 21.8 Å². The van der Waals surface area contributed by atoms with Crippen molar-refractivity contribution in [3.63, 3.8) is 0 Å². The van der Waals surface area contributed by atoms with Gasteiger partial charge in [0, 0.05) is 10.5 Å². The lowest BCUT2D eigenvalue weighted by atomic mass is 10.3. The third-order valence-electron chi connectivity index (χ3n) is 2.21. The van der Waals surface area contributed by atoms with Crippen molar-refractivity contribution in [3.05, 3.63) is 40.5 Å². The topological polar surface area (TPSA) is 70.1 Å². The number of ether oxygens (including phenoxy) is 1. The van der Waals surface area contributed by atoms with E-state index in [1.54, 1.807) is 0 Å². The molecule has 2 aromatic rings. The molecular weight excluding hydrogens is 334 g/mol. The predicted molar refractivity (Wildman–Crippen MR) is 89.0 cm³/mol. The molecular formula is C15H22BrN3O2. The number of hydrogen-bond donors (Lipinski definition) is 1. The van der Waals surface area contributed by atoms with Crippen LogP contribution < -0.4 is 10.5 Å². The summed E-state index contributed by atoms with van der Waals surface area (Å²) in [5, 5.41) is 4.08. The normalized spacial score (nSPS) is 8.86. The molecule has 0 spiro atoms. The standard InChI is InChI=1S/C11H10BrN3O2.2C2H6/c1-17-10-6-9(11(13)16)14-15(10)8-4-2-7(12)3-5-8;2*1-2/h2-6H,1H3,(H2,13,16);2*1-2H3. The molecule has 0 bridgehead atoms. The van der Waals surface area contributed by atoms with Gasteiger partial charge in [0.1, 0.15) is 0 Å². The van der Waals surface area contributed by atoms with Gasteiger partial charge in [-0.1, -0.05) is 43.6 Å². The fourth-order valence-electron chi connectivity index (χ4n) is 1.40. The molecule has 0 fully saturated rings. The Morgan fingerprint density at radius 3 is 2.14 bits per heavy atom. The van der Waals surface area contributed by atoms with Crippen molar-refractivity contribution in [3.8, 4) is 11.6 Å². The first-order chi connectivity index (χ1) is 10.1. The largest absolute Gasteiger partial charge is 0.481 e. The molecule has 6 heteroatoms. The molecule has 0 aliphatic carbocycles. The van der Waals surface area contributed by atoms with Crippen LogP contribution in [0.1, 0.15) is 38.2 Å². The fraction of sp³-hybridized carbons (Fsp3) is 0.333. The highest BCUT2D eigenvalue weighted by Crippen LogP contribution is 2.20. The SMILES string of the molecule is CC.CC.COc1cc(C(N)=O)nn1-c1ccc(Br)cc1. The molecule has 2 rings (SSSR count). The minimum atomic E-state index is -0.584. The summed E-state index contributed by atoms with van der Waals surface area (Å²) in [5.74, 6) is -0.125. The molecule has 1 aromatic carbocycles. The maximum absolute atomic E-state index is 11.1. The highest BCUT2D eigenvalue weighted by atomic mass is 79.9. The van der Waals surface area contributed by atoms with Gasteiger partial charge in [0.2, 0.25) is 5.88 Å². The second-order valence-electron chi connectivity index (χ2n) is 3.32. The van der Waals surface area contributed by atoms with E-state index in [4.69, 9.17) is 10.5 Å². The molecule has 116 valence electrons. The molecule has 1 aromatic heterocycles. The second kappa shape index (κ2) is 9.99. The molecule has 0 unspecified atom stereocenters. The van der Waals surface area contributed by atoms with Gasteiger partial charge >= 0.3 is 0 Å². The molecule has 1 heterocycles. The Morgan fingerprint density at radius 1 is 1.19 bits per heavy atom. The van der Waals surface area contributed by atoms with Crippen LogP contribution in [0.3, 0.4) is 0 Å². The van der Waals surface area contributed by atoms with Crippen molar-refractivity contribution in [2.24, 2.45) is 5.73 Å². The summed E-state index contributed by atoms with van der Waals surface area (Å²) >= 11 is 3.35. The van der Waals surface area contributed by atoms with Crippen LogP contribution in [-0.4, -0.2) is 22.8 Å². The zero-order valence-corrected chi connectivity index (χ0v) is 14.6. The first-order valence-corrected chi connectivity index (χ1v) is 7.61. The van der Waals surface area contributed by atoms with Gasteiger partial charge in [0.15, 0.2) is 5.69 Å². The van der Waals surface area contributed by atoms with E-state index in [9.17, 15) is 4.79 Å². The van der Waals surface area contributed by atoms with E-state index < -0.39 is 5.91 Å². The Morgan fingerprint density at radius 2 is 1.71 bits per heavy atom. The summed E-state index contributed by atoms with van der Waals surface area (Å²) in [7, 11) is 1.51. The van der Waals surface area contributed by atoms with E-state index in [1.807, 2.05) is 52.0 Å². The smallest absolute Gasteiger partial charge is 0.269 e. The van der Waals surface area contributed by atoms with Crippen molar-refractivity contribution < 1.29 is 9.53 Å². The first-order valence-electron chi connectivity index (χ1n) is 6.81. The number of halogens is 1. The number of nitrogens with zero attached hydrogens (tertiary/aromatic N) is 2. The number of carbonyl (C=O) groups excluding carboxylic acids is 1. The Bertz CT molecular complexity index is 551. The number of amides is 1. The number of carbonyl (C=O) groups is 1. The average molecular weight is 356 g/mol. The van der Waals surface area contributed by atoms with Crippen LogP contribution in [0.4, 0.5) is 0 Å². The van der Waals surface area contributed by atoms with Crippen LogP contribution >= 0.6 is 15.9 Å². The summed E-state index contributed by atoms with van der Waals surface area (Å²) in [5.41, 5.74) is 6.14. The number of benzene rings is 1. The van der Waals surface area contributed by atoms with Crippen LogP contribution in [0.15, 0.2) is 34.8 Å². The fourth-order valence-corrected chi connectivity index (χ4v) is 1.66. The predicted octanol–water partition coefficient (Wildman–Crippen LogP) is 3.79. The minimum Gasteiger partial charge on any atom is -0.481 e. The van der Waals surface area contributed by atoms with Gasteiger partial charge < -0.3 is 10.5 Å². The van der Waals surface area contributed by atoms with Crippen molar-refractivity contribution in [1.82, 2.24) is 9.78 Å². The maximum atomic E-state index is 11.1. The molecule has 5 nitrogen and oxygen atoms in total. The summed E-state index contributed by atoms with van der Waals surface area (Å²) in [4.78, 5) is 11.1. The average Bonchev–Trinajstić information content (AvgIpc) is 2.96. The number of primary amides is 1. The molecule has 0 saturated carbocycles. The van der Waals surface area contributed by atoms with Crippen LogP contribution in [0.5, 0.6) is 5.88 Å². The zero-order valence-electron chi connectivity index (χ0n) is 13.1. The number of nitrogens with two attached hydrogens (primary N) is 1. The molecule has 21 heavy (non-hydrogen) atoms. The van der Waals surface area contributed by atoms with E-state index in [-0.39, 0.29) is 5.69 Å². The van der Waals surface area contributed by atoms with E-state index in [2.05, 4.69) is 21.0 Å². The number of hydrogen-bond acceptors (Lipinski definition) is 3. The maximum Gasteiger partial charge on any atom is 0.269 e. The lowest BCUT2D eigenvalue weighted by Crippen LogP contribution is -2.12. The Labute approximate surface area is 134 Å². The van der Waals surface area contributed by atoms with Crippen LogP contribution in [0.2, 0.25) is 0 Å². The van der Waals surface area contributed by atoms with Gasteiger partial charge in [0.05, 0.1) is 12.8 Å². The third-order valence-corrected chi connectivity index (χ3v) is 2.74. The highest BCUT2D eigenvalue weighted by molar-refractivity contribution is 9.10. The molecule has 0 radical (unpaired) electrons. The second-order valence-corrected chi connectivity index (χ2v) is 4.24. The van der Waals surface area contributed by atoms with E-state index in [0.717, 1.165) is 10.2 Å². The van der Waals surface area contributed by atoms with Crippen LogP contribution in [0, 0.1) is 0 Å². The molecule has 0 aliphatic heterocycles. The lowest BCUT2D eigenvalue weighted by Gasteiger charge is -2.05. The van der Waals surface area contributed by atoms with E-state index in [0.29, 0.717) is 5.88 Å². The number of aromatic nitrogens is 2. The third kappa shape index (κ3) is 5.23. The molecule has 1 amide bonds. The minimum absolute atomic E-state index is 0.171. The summed E-state index contributed by atoms with van der Waals surface area (Å²) < 4.78 is 7.62. The van der Waals surface area contributed by atoms with Gasteiger partial charge in [-0.3, -0.25) is 4.79 Å². The van der Waals surface area contributed by atoms with E-state index >= 15 is 0 Å². The van der Waals surface area contributed by atoms with Crippen LogP contribution in [-0.2, 0) is 0 Å². The quantitative estimate of drug-likeness (QED) is 0.910. The van der Waals surface area contributed by atoms with Crippen molar-refractivity contribution in [2.45, 2.75) is 27.7 Å². The zero-order chi connectivity index (χ0) is 16.4. The Hall–Kier alpha value is -1.82. The number of methoxy groups -OCH3 is 1.